The van der Waals surface area contributed by atoms with Crippen LogP contribution >= 0.6 is 0 Å². The smallest absolute Gasteiger partial charge is 0.126 e. The van der Waals surface area contributed by atoms with Crippen molar-refractivity contribution in [2.24, 2.45) is 16.7 Å². The summed E-state index contributed by atoms with van der Waals surface area (Å²) < 4.78 is 26.6. The van der Waals surface area contributed by atoms with E-state index >= 15 is 0 Å². The number of rotatable bonds is 2. The molecule has 21 heavy (non-hydrogen) atoms. The predicted molar refractivity (Wildman–Crippen MR) is 79.5 cm³/mol. The van der Waals surface area contributed by atoms with Crippen LogP contribution in [0.1, 0.15) is 52.0 Å². The Labute approximate surface area is 126 Å². The second-order valence-corrected chi connectivity index (χ2v) is 7.49. The Hall–Kier alpha value is -1.43. The van der Waals surface area contributed by atoms with Crippen molar-refractivity contribution in [3.63, 3.8) is 0 Å². The van der Waals surface area contributed by atoms with Crippen LogP contribution in [-0.2, 0) is 6.42 Å². The van der Waals surface area contributed by atoms with Crippen LogP contribution in [0.25, 0.3) is 0 Å². The minimum Gasteiger partial charge on any atom is -0.207 e. The molecule has 0 spiro atoms. The van der Waals surface area contributed by atoms with E-state index in [0.29, 0.717) is 17.9 Å². The predicted octanol–water partition coefficient (Wildman–Crippen LogP) is 5.25. The molecule has 0 atom stereocenters. The summed E-state index contributed by atoms with van der Waals surface area (Å²) in [5, 5.41) is 9.59. The van der Waals surface area contributed by atoms with Gasteiger partial charge in [-0.1, -0.05) is 20.8 Å². The Morgan fingerprint density at radius 1 is 1.14 bits per heavy atom. The van der Waals surface area contributed by atoms with Crippen molar-refractivity contribution in [3.8, 4) is 6.07 Å². The summed E-state index contributed by atoms with van der Waals surface area (Å²) >= 11 is 0. The van der Waals surface area contributed by atoms with Crippen molar-refractivity contribution in [3.05, 3.63) is 35.4 Å². The van der Waals surface area contributed by atoms with Crippen LogP contribution in [0.2, 0.25) is 0 Å². The summed E-state index contributed by atoms with van der Waals surface area (Å²) in [5.41, 5.74) is 0.373. The number of halogens is 2. The first-order valence-corrected chi connectivity index (χ1v) is 7.60. The summed E-state index contributed by atoms with van der Waals surface area (Å²) in [6.07, 6.45) is 4.08. The highest BCUT2D eigenvalue weighted by molar-refractivity contribution is 5.22. The third-order valence-corrected chi connectivity index (χ3v) is 4.87. The quantitative estimate of drug-likeness (QED) is 0.729. The lowest BCUT2D eigenvalue weighted by molar-refractivity contribution is 0.120. The van der Waals surface area contributed by atoms with Crippen LogP contribution in [0.15, 0.2) is 18.2 Å². The van der Waals surface area contributed by atoms with E-state index in [2.05, 4.69) is 26.8 Å². The third-order valence-electron chi connectivity index (χ3n) is 4.87. The molecule has 0 N–H and O–H groups in total. The van der Waals surface area contributed by atoms with Gasteiger partial charge < -0.3 is 0 Å². The lowest BCUT2D eigenvalue weighted by Crippen LogP contribution is -2.33. The molecular formula is C18H23F2N. The highest BCUT2D eigenvalue weighted by Gasteiger charge is 2.39. The molecule has 1 aromatic carbocycles. The van der Waals surface area contributed by atoms with Crippen LogP contribution in [0.4, 0.5) is 8.78 Å². The van der Waals surface area contributed by atoms with Gasteiger partial charge in [-0.05, 0) is 61.1 Å². The maximum Gasteiger partial charge on any atom is 0.126 e. The number of hydrogen-bond donors (Lipinski definition) is 0. The van der Waals surface area contributed by atoms with Crippen molar-refractivity contribution < 1.29 is 8.78 Å². The van der Waals surface area contributed by atoms with Crippen LogP contribution in [0, 0.1) is 39.7 Å². The third kappa shape index (κ3) is 3.81. The molecule has 0 unspecified atom stereocenters. The van der Waals surface area contributed by atoms with E-state index < -0.39 is 17.0 Å². The molecule has 1 saturated carbocycles. The molecule has 1 nitrogen and oxygen atoms in total. The molecule has 0 aromatic heterocycles. The average Bonchev–Trinajstić information content (AvgIpc) is 2.37. The maximum absolute atomic E-state index is 13.3. The van der Waals surface area contributed by atoms with E-state index in [9.17, 15) is 14.0 Å². The fourth-order valence-electron chi connectivity index (χ4n) is 3.47. The van der Waals surface area contributed by atoms with Crippen molar-refractivity contribution in [1.29, 1.82) is 5.26 Å². The summed E-state index contributed by atoms with van der Waals surface area (Å²) in [4.78, 5) is 0. The van der Waals surface area contributed by atoms with Gasteiger partial charge in [0, 0.05) is 6.07 Å². The number of nitriles is 1. The average molecular weight is 291 g/mol. The van der Waals surface area contributed by atoms with E-state index in [1.54, 1.807) is 0 Å². The second-order valence-electron chi connectivity index (χ2n) is 7.49. The van der Waals surface area contributed by atoms with Gasteiger partial charge in [-0.3, -0.25) is 0 Å². The monoisotopic (exact) mass is 291 g/mol. The highest BCUT2D eigenvalue weighted by atomic mass is 19.1. The minimum absolute atomic E-state index is 0.257. The fraction of sp³-hybridized carbons (Fsp3) is 0.611. The number of hydrogen-bond acceptors (Lipinski definition) is 1. The van der Waals surface area contributed by atoms with Gasteiger partial charge in [0.2, 0.25) is 0 Å². The second kappa shape index (κ2) is 5.75. The van der Waals surface area contributed by atoms with E-state index in [4.69, 9.17) is 0 Å². The Balaban J connectivity index is 2.12. The van der Waals surface area contributed by atoms with Crippen molar-refractivity contribution in [2.45, 2.75) is 52.9 Å². The van der Waals surface area contributed by atoms with E-state index in [0.717, 1.165) is 31.7 Å². The van der Waals surface area contributed by atoms with Gasteiger partial charge in [-0.2, -0.15) is 5.26 Å². The topological polar surface area (TPSA) is 23.8 Å². The van der Waals surface area contributed by atoms with Gasteiger partial charge in [0.15, 0.2) is 0 Å². The molecule has 3 heteroatoms. The fourth-order valence-corrected chi connectivity index (χ4v) is 3.47. The van der Waals surface area contributed by atoms with E-state index in [1.807, 2.05) is 0 Å². The Morgan fingerprint density at radius 3 is 2.10 bits per heavy atom. The molecule has 0 heterocycles. The standard InChI is InChI=1S/C18H23F2N/c1-17(2,3)14-4-6-18(12-21,7-5-14)11-13-8-15(19)10-16(20)9-13/h8-10,14H,4-7,11H2,1-3H3. The zero-order valence-electron chi connectivity index (χ0n) is 13.0. The van der Waals surface area contributed by atoms with Gasteiger partial charge >= 0.3 is 0 Å². The molecule has 0 bridgehead atoms. The van der Waals surface area contributed by atoms with Gasteiger partial charge in [0.25, 0.3) is 0 Å². The van der Waals surface area contributed by atoms with Crippen LogP contribution < -0.4 is 0 Å². The van der Waals surface area contributed by atoms with Crippen molar-refractivity contribution in [2.75, 3.05) is 0 Å². The minimum atomic E-state index is -0.568. The highest BCUT2D eigenvalue weighted by Crippen LogP contribution is 2.46. The molecule has 1 aliphatic carbocycles. The Bertz CT molecular complexity index is 523. The van der Waals surface area contributed by atoms with Crippen LogP contribution in [0.3, 0.4) is 0 Å². The maximum atomic E-state index is 13.3. The Morgan fingerprint density at radius 2 is 1.67 bits per heavy atom. The SMILES string of the molecule is CC(C)(C)C1CCC(C#N)(Cc2cc(F)cc(F)c2)CC1. The molecule has 0 amide bonds. The molecule has 114 valence electrons. The van der Waals surface area contributed by atoms with Gasteiger partial charge in [0.05, 0.1) is 11.5 Å². The van der Waals surface area contributed by atoms with Crippen LogP contribution in [0.5, 0.6) is 0 Å². The summed E-state index contributed by atoms with van der Waals surface area (Å²) in [6.45, 7) is 6.71. The summed E-state index contributed by atoms with van der Waals surface area (Å²) in [5.74, 6) is -0.522. The first-order valence-electron chi connectivity index (χ1n) is 7.60. The molecule has 1 aromatic rings. The molecular weight excluding hydrogens is 268 g/mol. The zero-order valence-corrected chi connectivity index (χ0v) is 13.0. The molecule has 1 aliphatic rings. The molecule has 0 aliphatic heterocycles. The van der Waals surface area contributed by atoms with Crippen molar-refractivity contribution >= 4 is 0 Å². The first-order chi connectivity index (χ1) is 9.74. The summed E-state index contributed by atoms with van der Waals surface area (Å²) in [7, 11) is 0. The van der Waals surface area contributed by atoms with Gasteiger partial charge in [0.1, 0.15) is 11.6 Å². The number of nitrogens with zero attached hydrogens (tertiary/aromatic N) is 1. The van der Waals surface area contributed by atoms with Crippen molar-refractivity contribution in [1.82, 2.24) is 0 Å². The zero-order chi connectivity index (χ0) is 15.7. The number of benzene rings is 1. The molecule has 0 radical (unpaired) electrons. The molecule has 2 rings (SSSR count). The summed E-state index contributed by atoms with van der Waals surface area (Å²) in [6, 6.07) is 6.00. The van der Waals surface area contributed by atoms with Crippen LogP contribution in [-0.4, -0.2) is 0 Å². The lowest BCUT2D eigenvalue weighted by Gasteiger charge is -2.40. The first kappa shape index (κ1) is 15.9. The largest absolute Gasteiger partial charge is 0.207 e. The van der Waals surface area contributed by atoms with Gasteiger partial charge in [-0.15, -0.1) is 0 Å². The van der Waals surface area contributed by atoms with E-state index in [1.165, 1.54) is 12.1 Å². The lowest BCUT2D eigenvalue weighted by atomic mass is 9.63. The Kier molecular flexibility index (Phi) is 4.37. The van der Waals surface area contributed by atoms with E-state index in [-0.39, 0.29) is 5.41 Å². The molecule has 1 fully saturated rings. The normalized spacial score (nSPS) is 26.4. The molecule has 0 saturated heterocycles. The van der Waals surface area contributed by atoms with Gasteiger partial charge in [-0.25, -0.2) is 8.78 Å².